The number of halogens is 2. The molecule has 2 aliphatic carbocycles. The molecule has 2 aliphatic rings. The number of rotatable bonds is 4. The SMILES string of the molecule is Cc1cc(CC2CCC(F)(F)CC2)nc(-n2ccc(C3CC3)n2)n1. The Bertz CT molecular complexity index is 726. The quantitative estimate of drug-likeness (QED) is 0.842. The maximum absolute atomic E-state index is 13.3. The maximum Gasteiger partial charge on any atom is 0.250 e. The third-order valence-electron chi connectivity index (χ3n) is 5.04. The Morgan fingerprint density at radius 2 is 1.92 bits per heavy atom. The molecule has 2 aromatic rings. The lowest BCUT2D eigenvalue weighted by atomic mass is 9.84. The van der Waals surface area contributed by atoms with Gasteiger partial charge in [0.1, 0.15) is 0 Å². The normalized spacial score (nSPS) is 21.1. The fourth-order valence-corrected chi connectivity index (χ4v) is 3.47. The molecule has 0 N–H and O–H groups in total. The van der Waals surface area contributed by atoms with Crippen LogP contribution >= 0.6 is 0 Å². The van der Waals surface area contributed by atoms with Gasteiger partial charge in [0, 0.05) is 36.3 Å². The highest BCUT2D eigenvalue weighted by molar-refractivity contribution is 5.21. The van der Waals surface area contributed by atoms with Crippen molar-refractivity contribution in [1.82, 2.24) is 19.7 Å². The van der Waals surface area contributed by atoms with Crippen LogP contribution in [0.25, 0.3) is 5.95 Å². The van der Waals surface area contributed by atoms with Gasteiger partial charge in [-0.2, -0.15) is 5.10 Å². The summed E-state index contributed by atoms with van der Waals surface area (Å²) < 4.78 is 28.3. The predicted octanol–water partition coefficient (Wildman–Crippen LogP) is 4.22. The average Bonchev–Trinajstić information content (AvgIpc) is 3.26. The number of hydrogen-bond acceptors (Lipinski definition) is 3. The Labute approximate surface area is 140 Å². The summed E-state index contributed by atoms with van der Waals surface area (Å²) in [6, 6.07) is 3.99. The van der Waals surface area contributed by atoms with Crippen LogP contribution in [0.3, 0.4) is 0 Å². The van der Waals surface area contributed by atoms with Crippen LogP contribution in [0.4, 0.5) is 8.78 Å². The van der Waals surface area contributed by atoms with E-state index in [0.29, 0.717) is 24.7 Å². The molecule has 2 saturated carbocycles. The van der Waals surface area contributed by atoms with Crippen LogP contribution in [0, 0.1) is 12.8 Å². The highest BCUT2D eigenvalue weighted by atomic mass is 19.3. The van der Waals surface area contributed by atoms with E-state index in [4.69, 9.17) is 0 Å². The molecule has 4 rings (SSSR count). The molecule has 4 nitrogen and oxygen atoms in total. The van der Waals surface area contributed by atoms with Crippen molar-refractivity contribution in [1.29, 1.82) is 0 Å². The molecule has 2 aromatic heterocycles. The van der Waals surface area contributed by atoms with Gasteiger partial charge < -0.3 is 0 Å². The zero-order valence-electron chi connectivity index (χ0n) is 13.9. The zero-order valence-corrected chi connectivity index (χ0v) is 13.9. The van der Waals surface area contributed by atoms with Gasteiger partial charge in [-0.25, -0.2) is 23.4 Å². The third-order valence-corrected chi connectivity index (χ3v) is 5.04. The first kappa shape index (κ1) is 15.7. The molecule has 0 unspecified atom stereocenters. The van der Waals surface area contributed by atoms with E-state index in [1.165, 1.54) is 12.8 Å². The topological polar surface area (TPSA) is 43.6 Å². The van der Waals surface area contributed by atoms with Gasteiger partial charge in [0.2, 0.25) is 5.92 Å². The molecule has 0 aliphatic heterocycles. The molecular formula is C18H22F2N4. The van der Waals surface area contributed by atoms with Gasteiger partial charge in [0.25, 0.3) is 5.95 Å². The maximum atomic E-state index is 13.3. The van der Waals surface area contributed by atoms with Crippen LogP contribution in [0.5, 0.6) is 0 Å². The van der Waals surface area contributed by atoms with E-state index in [-0.39, 0.29) is 18.8 Å². The second-order valence-corrected chi connectivity index (χ2v) is 7.26. The Kier molecular flexibility index (Phi) is 3.85. The van der Waals surface area contributed by atoms with Crippen molar-refractivity contribution < 1.29 is 8.78 Å². The van der Waals surface area contributed by atoms with E-state index in [1.54, 1.807) is 4.68 Å². The molecule has 128 valence electrons. The minimum Gasteiger partial charge on any atom is -0.216 e. The summed E-state index contributed by atoms with van der Waals surface area (Å²) >= 11 is 0. The number of aryl methyl sites for hydroxylation is 1. The zero-order chi connectivity index (χ0) is 16.7. The van der Waals surface area contributed by atoms with E-state index in [1.807, 2.05) is 25.3 Å². The summed E-state index contributed by atoms with van der Waals surface area (Å²) in [5.74, 6) is -1.01. The highest BCUT2D eigenvalue weighted by Gasteiger charge is 2.35. The first-order valence-corrected chi connectivity index (χ1v) is 8.77. The molecule has 2 fully saturated rings. The monoisotopic (exact) mass is 332 g/mol. The molecule has 0 spiro atoms. The van der Waals surface area contributed by atoms with Gasteiger partial charge in [0.15, 0.2) is 0 Å². The number of aromatic nitrogens is 4. The molecule has 6 heteroatoms. The molecular weight excluding hydrogens is 310 g/mol. The minimum absolute atomic E-state index is 0.00149. The molecule has 0 amide bonds. The van der Waals surface area contributed by atoms with Crippen LogP contribution in [0.2, 0.25) is 0 Å². The minimum atomic E-state index is -2.47. The van der Waals surface area contributed by atoms with Crippen molar-refractivity contribution >= 4 is 0 Å². The summed E-state index contributed by atoms with van der Waals surface area (Å²) in [5.41, 5.74) is 2.92. The standard InChI is InChI=1S/C18H22F2N4/c1-12-10-15(11-13-4-7-18(19,20)8-5-13)22-17(21-12)24-9-6-16(23-24)14-2-3-14/h6,9-10,13-14H,2-5,7-8,11H2,1H3. The Balaban J connectivity index is 1.50. The first-order valence-electron chi connectivity index (χ1n) is 8.77. The van der Waals surface area contributed by atoms with Gasteiger partial charge in [-0.3, -0.25) is 0 Å². The van der Waals surface area contributed by atoms with Crippen molar-refractivity contribution in [3.63, 3.8) is 0 Å². The van der Waals surface area contributed by atoms with Crippen molar-refractivity contribution in [2.75, 3.05) is 0 Å². The average molecular weight is 332 g/mol. The summed E-state index contributed by atoms with van der Waals surface area (Å²) in [5, 5.41) is 4.58. The molecule has 0 radical (unpaired) electrons. The van der Waals surface area contributed by atoms with Crippen molar-refractivity contribution in [3.05, 3.63) is 35.4 Å². The smallest absolute Gasteiger partial charge is 0.216 e. The van der Waals surface area contributed by atoms with Gasteiger partial charge in [-0.05, 0) is 57.1 Å². The fourth-order valence-electron chi connectivity index (χ4n) is 3.47. The largest absolute Gasteiger partial charge is 0.250 e. The number of hydrogen-bond donors (Lipinski definition) is 0. The molecule has 0 atom stereocenters. The van der Waals surface area contributed by atoms with Crippen molar-refractivity contribution in [2.45, 2.75) is 63.7 Å². The molecule has 24 heavy (non-hydrogen) atoms. The van der Waals surface area contributed by atoms with Gasteiger partial charge in [0.05, 0.1) is 5.69 Å². The van der Waals surface area contributed by atoms with Crippen LogP contribution in [0.1, 0.15) is 61.5 Å². The fraction of sp³-hybridized carbons (Fsp3) is 0.611. The molecule has 0 bridgehead atoms. The molecule has 0 saturated heterocycles. The predicted molar refractivity (Wildman–Crippen MR) is 86.5 cm³/mol. The van der Waals surface area contributed by atoms with E-state index >= 15 is 0 Å². The summed E-state index contributed by atoms with van der Waals surface area (Å²) in [4.78, 5) is 9.11. The van der Waals surface area contributed by atoms with Crippen LogP contribution in [-0.4, -0.2) is 25.7 Å². The third kappa shape index (κ3) is 3.47. The van der Waals surface area contributed by atoms with E-state index in [9.17, 15) is 8.78 Å². The second kappa shape index (κ2) is 5.90. The Morgan fingerprint density at radius 3 is 2.62 bits per heavy atom. The van der Waals surface area contributed by atoms with Gasteiger partial charge in [-0.15, -0.1) is 0 Å². The van der Waals surface area contributed by atoms with Crippen LogP contribution in [-0.2, 0) is 6.42 Å². The second-order valence-electron chi connectivity index (χ2n) is 7.26. The number of nitrogens with zero attached hydrogens (tertiary/aromatic N) is 4. The Hall–Kier alpha value is -1.85. The van der Waals surface area contributed by atoms with Crippen molar-refractivity contribution in [2.24, 2.45) is 5.92 Å². The Morgan fingerprint density at radius 1 is 1.17 bits per heavy atom. The van der Waals surface area contributed by atoms with Crippen molar-refractivity contribution in [3.8, 4) is 5.95 Å². The summed E-state index contributed by atoms with van der Waals surface area (Å²) in [6.45, 7) is 1.94. The lowest BCUT2D eigenvalue weighted by molar-refractivity contribution is -0.0457. The van der Waals surface area contributed by atoms with Gasteiger partial charge >= 0.3 is 0 Å². The molecule has 2 heterocycles. The van der Waals surface area contributed by atoms with Crippen LogP contribution < -0.4 is 0 Å². The highest BCUT2D eigenvalue weighted by Crippen LogP contribution is 2.39. The summed E-state index contributed by atoms with van der Waals surface area (Å²) in [6.07, 6.45) is 6.21. The van der Waals surface area contributed by atoms with E-state index in [0.717, 1.165) is 23.5 Å². The first-order chi connectivity index (χ1) is 11.5. The lowest BCUT2D eigenvalue weighted by Crippen LogP contribution is -2.25. The lowest BCUT2D eigenvalue weighted by Gasteiger charge is -2.28. The number of alkyl halides is 2. The summed E-state index contributed by atoms with van der Waals surface area (Å²) in [7, 11) is 0. The van der Waals surface area contributed by atoms with Gasteiger partial charge in [-0.1, -0.05) is 0 Å². The molecule has 0 aromatic carbocycles. The van der Waals surface area contributed by atoms with E-state index in [2.05, 4.69) is 15.1 Å². The van der Waals surface area contributed by atoms with Crippen LogP contribution in [0.15, 0.2) is 18.3 Å². The van der Waals surface area contributed by atoms with E-state index < -0.39 is 5.92 Å².